The predicted octanol–water partition coefficient (Wildman–Crippen LogP) is 7.04. The highest BCUT2D eigenvalue weighted by Gasteiger charge is 2.49. The third-order valence-electron chi connectivity index (χ3n) is 12.9. The molecule has 8 bridgehead atoms. The third kappa shape index (κ3) is 6.86. The van der Waals surface area contributed by atoms with Gasteiger partial charge in [-0.25, -0.2) is 4.79 Å². The smallest absolute Gasteiger partial charge is 0.327 e. The molecule has 6 heteroatoms. The number of carboxylic acids is 1. The van der Waals surface area contributed by atoms with Gasteiger partial charge in [-0.15, -0.1) is 0 Å². The van der Waals surface area contributed by atoms with Crippen LogP contribution in [0.2, 0.25) is 0 Å². The first kappa shape index (κ1) is 34.2. The lowest BCUT2D eigenvalue weighted by molar-refractivity contribution is -0.131. The first-order valence-corrected chi connectivity index (χ1v) is 19.6. The normalized spacial score (nSPS) is 36.3. The molecule has 3 saturated heterocycles. The number of nitrogens with one attached hydrogen (secondary N) is 4. The molecule has 0 amide bonds. The van der Waals surface area contributed by atoms with Crippen LogP contribution in [0, 0.1) is 5.92 Å². The highest BCUT2D eigenvalue weighted by molar-refractivity contribution is 5.79. The first-order valence-electron chi connectivity index (χ1n) is 19.6. The summed E-state index contributed by atoms with van der Waals surface area (Å²) in [5, 5.41) is 26.7. The van der Waals surface area contributed by atoms with Gasteiger partial charge in [0, 0.05) is 78.1 Å². The summed E-state index contributed by atoms with van der Waals surface area (Å²) in [7, 11) is 0. The van der Waals surface area contributed by atoms with E-state index in [1.807, 2.05) is 6.08 Å². The van der Waals surface area contributed by atoms with Crippen LogP contribution < -0.4 is 21.3 Å². The van der Waals surface area contributed by atoms with Crippen LogP contribution in [0.1, 0.15) is 65.2 Å². The Bertz CT molecular complexity index is 1930. The first-order chi connectivity index (χ1) is 26.1. The van der Waals surface area contributed by atoms with Crippen LogP contribution in [0.25, 0.3) is 0 Å². The fourth-order valence-electron chi connectivity index (χ4n) is 10.7. The Morgan fingerprint density at radius 2 is 0.868 bits per heavy atom. The van der Waals surface area contributed by atoms with Crippen LogP contribution >= 0.6 is 0 Å². The van der Waals surface area contributed by atoms with Crippen molar-refractivity contribution in [3.63, 3.8) is 0 Å². The highest BCUT2D eigenvalue weighted by atomic mass is 16.4. The summed E-state index contributed by atoms with van der Waals surface area (Å²) in [5.74, 6) is -0.130. The van der Waals surface area contributed by atoms with E-state index in [1.54, 1.807) is 0 Å². The average molecular weight is 703 g/mol. The molecular formula is C47H50N4O2. The maximum atomic E-state index is 12.0. The average Bonchev–Trinajstić information content (AvgIpc) is 4.03. The number of hydrogen-bond donors (Lipinski definition) is 5. The summed E-state index contributed by atoms with van der Waals surface area (Å²) in [4.78, 5) is 12.0. The molecule has 5 N–H and O–H groups in total. The molecule has 0 saturated carbocycles. The number of benzene rings is 4. The maximum Gasteiger partial charge on any atom is 0.327 e. The van der Waals surface area contributed by atoms with Crippen molar-refractivity contribution >= 4 is 5.97 Å². The molecule has 5 aliphatic heterocycles. The van der Waals surface area contributed by atoms with Gasteiger partial charge >= 0.3 is 5.97 Å². The lowest BCUT2D eigenvalue weighted by Gasteiger charge is -2.38. The van der Waals surface area contributed by atoms with E-state index >= 15 is 0 Å². The van der Waals surface area contributed by atoms with E-state index in [2.05, 4.69) is 167 Å². The van der Waals surface area contributed by atoms with E-state index in [-0.39, 0.29) is 65.8 Å². The van der Waals surface area contributed by atoms with Crippen molar-refractivity contribution in [1.29, 1.82) is 0 Å². The van der Waals surface area contributed by atoms with Gasteiger partial charge in [0.2, 0.25) is 0 Å². The molecule has 4 aromatic carbocycles. The molecule has 5 heterocycles. The zero-order valence-electron chi connectivity index (χ0n) is 30.0. The monoisotopic (exact) mass is 702 g/mol. The summed E-state index contributed by atoms with van der Waals surface area (Å²) in [6.45, 7) is 0. The Morgan fingerprint density at radius 3 is 1.28 bits per heavy atom. The Labute approximate surface area is 313 Å². The van der Waals surface area contributed by atoms with Gasteiger partial charge in [0.1, 0.15) is 0 Å². The standard InChI is InChI=1S/C47H50N4O2/c52-42(53)28-21-34-29-41-45(32-17-9-3-10-18-32)39-25-24-37(49-39)43(30-13-5-1-6-14-30)35-22-23-36(48-35)44(31-15-7-2-8-16-31)38-26-27-40(50-38)46(47(34)51-41)33-19-11-4-12-20-33/h1-21,24-28,34-41,43-51H,22-23,29H2,(H,52,53)/b28-21+. The van der Waals surface area contributed by atoms with E-state index in [0.717, 1.165) is 19.3 Å². The fourth-order valence-corrected chi connectivity index (χ4v) is 10.7. The van der Waals surface area contributed by atoms with Crippen LogP contribution in [-0.2, 0) is 4.79 Å². The van der Waals surface area contributed by atoms with Gasteiger partial charge in [-0.1, -0.05) is 152 Å². The second kappa shape index (κ2) is 15.0. The van der Waals surface area contributed by atoms with Crippen molar-refractivity contribution < 1.29 is 9.90 Å². The van der Waals surface area contributed by atoms with Crippen LogP contribution in [0.4, 0.5) is 0 Å². The Kier molecular flexibility index (Phi) is 9.70. The lowest BCUT2D eigenvalue weighted by atomic mass is 9.79. The Morgan fingerprint density at radius 1 is 0.491 bits per heavy atom. The van der Waals surface area contributed by atoms with Crippen LogP contribution in [0.15, 0.2) is 158 Å². The van der Waals surface area contributed by atoms with Gasteiger partial charge in [-0.05, 0) is 47.4 Å². The SMILES string of the molecule is O=C(O)/C=C/C1CC2NC1C(c1ccccc1)C1C=CC(N1)C(c1ccccc1)C1CCC(N1)C(c1ccccc1)C1C=CC(N1)C2c1ccccc1. The minimum absolute atomic E-state index is 0.0143. The number of hydrogen-bond acceptors (Lipinski definition) is 5. The van der Waals surface area contributed by atoms with Crippen molar-refractivity contribution in [2.24, 2.45) is 5.92 Å². The molecule has 53 heavy (non-hydrogen) atoms. The lowest BCUT2D eigenvalue weighted by Crippen LogP contribution is -2.52. The van der Waals surface area contributed by atoms with Crippen molar-refractivity contribution in [2.45, 2.75) is 91.3 Å². The van der Waals surface area contributed by atoms with Gasteiger partial charge in [-0.2, -0.15) is 0 Å². The summed E-state index contributed by atoms with van der Waals surface area (Å²) < 4.78 is 0. The van der Waals surface area contributed by atoms with E-state index < -0.39 is 5.97 Å². The minimum Gasteiger partial charge on any atom is -0.478 e. The van der Waals surface area contributed by atoms with Crippen molar-refractivity contribution in [1.82, 2.24) is 21.3 Å². The summed E-state index contributed by atoms with van der Waals surface area (Å²) in [6, 6.07) is 45.2. The summed E-state index contributed by atoms with van der Waals surface area (Å²) >= 11 is 0. The number of rotatable bonds is 6. The zero-order valence-corrected chi connectivity index (χ0v) is 30.0. The molecule has 0 aromatic heterocycles. The van der Waals surface area contributed by atoms with E-state index in [4.69, 9.17) is 0 Å². The highest BCUT2D eigenvalue weighted by Crippen LogP contribution is 2.45. The molecule has 4 aromatic rings. The van der Waals surface area contributed by atoms with Crippen molar-refractivity contribution in [2.75, 3.05) is 0 Å². The van der Waals surface area contributed by atoms with E-state index in [0.29, 0.717) is 12.1 Å². The van der Waals surface area contributed by atoms with E-state index in [9.17, 15) is 9.90 Å². The van der Waals surface area contributed by atoms with Crippen molar-refractivity contribution in [3.05, 3.63) is 180 Å². The fraction of sp³-hybridized carbons (Fsp3) is 0.340. The number of aliphatic carboxylic acids is 1. The van der Waals surface area contributed by atoms with Gasteiger partial charge in [0.25, 0.3) is 0 Å². The maximum absolute atomic E-state index is 12.0. The minimum atomic E-state index is -0.899. The van der Waals surface area contributed by atoms with Crippen LogP contribution in [0.3, 0.4) is 0 Å². The van der Waals surface area contributed by atoms with Crippen molar-refractivity contribution in [3.8, 4) is 0 Å². The molecule has 13 unspecified atom stereocenters. The number of carbonyl (C=O) groups is 1. The molecule has 0 radical (unpaired) electrons. The molecule has 6 nitrogen and oxygen atoms in total. The third-order valence-corrected chi connectivity index (χ3v) is 12.9. The Balaban J connectivity index is 1.18. The molecule has 9 rings (SSSR count). The van der Waals surface area contributed by atoms with Gasteiger partial charge in [-0.3, -0.25) is 0 Å². The number of carboxylic acid groups (broad SMARTS) is 1. The zero-order chi connectivity index (χ0) is 35.7. The van der Waals surface area contributed by atoms with Crippen LogP contribution in [0.5, 0.6) is 0 Å². The quantitative estimate of drug-likeness (QED) is 0.110. The summed E-state index contributed by atoms with van der Waals surface area (Å²) in [6.07, 6.45) is 16.1. The molecule has 0 aliphatic carbocycles. The van der Waals surface area contributed by atoms with Gasteiger partial charge in [0.15, 0.2) is 0 Å². The summed E-state index contributed by atoms with van der Waals surface area (Å²) in [5.41, 5.74) is 5.28. The topological polar surface area (TPSA) is 85.4 Å². The van der Waals surface area contributed by atoms with Crippen LogP contribution in [-0.4, -0.2) is 59.4 Å². The predicted molar refractivity (Wildman–Crippen MR) is 212 cm³/mol. The number of fused-ring (bicyclic) bond motifs is 8. The molecule has 270 valence electrons. The molecule has 3 fully saturated rings. The second-order valence-electron chi connectivity index (χ2n) is 15.8. The second-order valence-corrected chi connectivity index (χ2v) is 15.8. The molecule has 5 aliphatic rings. The molecule has 0 spiro atoms. The largest absolute Gasteiger partial charge is 0.478 e. The molecular weight excluding hydrogens is 653 g/mol. The Hall–Kier alpha value is -4.59. The van der Waals surface area contributed by atoms with Gasteiger partial charge in [0.05, 0.1) is 0 Å². The van der Waals surface area contributed by atoms with E-state index in [1.165, 1.54) is 28.3 Å². The molecule has 13 atom stereocenters. The van der Waals surface area contributed by atoms with Gasteiger partial charge < -0.3 is 26.4 Å².